The number of nitrogens with zero attached hydrogens (tertiary/aromatic N) is 2. The summed E-state index contributed by atoms with van der Waals surface area (Å²) < 4.78 is 2.02. The third-order valence-electron chi connectivity index (χ3n) is 2.55. The monoisotopic (exact) mass is 255 g/mol. The van der Waals surface area contributed by atoms with Crippen molar-refractivity contribution in [2.24, 2.45) is 0 Å². The fourth-order valence-electron chi connectivity index (χ4n) is 1.46. The molecule has 0 bridgehead atoms. The molecule has 1 unspecified atom stereocenters. The van der Waals surface area contributed by atoms with Crippen LogP contribution < -0.4 is 5.32 Å². The summed E-state index contributed by atoms with van der Waals surface area (Å²) in [5, 5.41) is 7.92. The predicted octanol–water partition coefficient (Wildman–Crippen LogP) is 2.87. The van der Waals surface area contributed by atoms with Crippen LogP contribution in [0.2, 0.25) is 0 Å². The second kappa shape index (κ2) is 6.45. The van der Waals surface area contributed by atoms with Crippen molar-refractivity contribution in [3.05, 3.63) is 18.0 Å². The summed E-state index contributed by atoms with van der Waals surface area (Å²) in [5.74, 6) is 2.36. The van der Waals surface area contributed by atoms with E-state index in [0.29, 0.717) is 6.04 Å². The van der Waals surface area contributed by atoms with Gasteiger partial charge in [-0.15, -0.1) is 0 Å². The number of hydrogen-bond acceptors (Lipinski definition) is 3. The highest BCUT2D eigenvalue weighted by molar-refractivity contribution is 7.99. The van der Waals surface area contributed by atoms with Crippen LogP contribution in [0, 0.1) is 0 Å². The summed E-state index contributed by atoms with van der Waals surface area (Å²) in [7, 11) is 0. The lowest BCUT2D eigenvalue weighted by molar-refractivity contribution is 0.355. The van der Waals surface area contributed by atoms with Gasteiger partial charge in [0.05, 0.1) is 11.7 Å². The SMILES string of the molecule is CCSCC(C)NCc1cnn(C(C)(C)C)c1. The first-order valence-electron chi connectivity index (χ1n) is 6.28. The number of hydrogen-bond donors (Lipinski definition) is 1. The molecule has 1 heterocycles. The van der Waals surface area contributed by atoms with E-state index in [4.69, 9.17) is 0 Å². The molecule has 0 fully saturated rings. The molecule has 0 aliphatic carbocycles. The molecule has 0 aliphatic rings. The Morgan fingerprint density at radius 3 is 2.71 bits per heavy atom. The Kier molecular flexibility index (Phi) is 5.53. The first-order valence-corrected chi connectivity index (χ1v) is 7.44. The lowest BCUT2D eigenvalue weighted by Gasteiger charge is -2.18. The van der Waals surface area contributed by atoms with Crippen LogP contribution in [0.5, 0.6) is 0 Å². The molecule has 1 rings (SSSR count). The Bertz CT molecular complexity index is 328. The lowest BCUT2D eigenvalue weighted by atomic mass is 10.1. The van der Waals surface area contributed by atoms with Crippen molar-refractivity contribution in [2.45, 2.75) is 52.7 Å². The third kappa shape index (κ3) is 5.13. The van der Waals surface area contributed by atoms with Crippen molar-refractivity contribution in [3.63, 3.8) is 0 Å². The average molecular weight is 255 g/mol. The molecule has 0 spiro atoms. The van der Waals surface area contributed by atoms with E-state index in [0.717, 1.165) is 6.54 Å². The van der Waals surface area contributed by atoms with Gasteiger partial charge in [-0.3, -0.25) is 4.68 Å². The molecule has 98 valence electrons. The smallest absolute Gasteiger partial charge is 0.0543 e. The molecule has 0 saturated heterocycles. The maximum Gasteiger partial charge on any atom is 0.0543 e. The van der Waals surface area contributed by atoms with Gasteiger partial charge in [0.15, 0.2) is 0 Å². The van der Waals surface area contributed by atoms with Crippen molar-refractivity contribution >= 4 is 11.8 Å². The minimum absolute atomic E-state index is 0.0714. The van der Waals surface area contributed by atoms with E-state index in [1.165, 1.54) is 17.1 Å². The Labute approximate surface area is 109 Å². The molecule has 0 aliphatic heterocycles. The largest absolute Gasteiger partial charge is 0.309 e. The second-order valence-corrected chi connectivity index (χ2v) is 6.72. The Balaban J connectivity index is 2.40. The van der Waals surface area contributed by atoms with Crippen LogP contribution in [0.3, 0.4) is 0 Å². The summed E-state index contributed by atoms with van der Waals surface area (Å²) >= 11 is 1.98. The highest BCUT2D eigenvalue weighted by atomic mass is 32.2. The van der Waals surface area contributed by atoms with Gasteiger partial charge in [-0.2, -0.15) is 16.9 Å². The summed E-state index contributed by atoms with van der Waals surface area (Å²) in [6.07, 6.45) is 4.09. The third-order valence-corrected chi connectivity index (χ3v) is 3.69. The fourth-order valence-corrected chi connectivity index (χ4v) is 2.17. The molecule has 1 atom stereocenters. The van der Waals surface area contributed by atoms with E-state index >= 15 is 0 Å². The van der Waals surface area contributed by atoms with E-state index in [1.54, 1.807) is 0 Å². The van der Waals surface area contributed by atoms with Crippen molar-refractivity contribution in [1.29, 1.82) is 0 Å². The molecule has 4 heteroatoms. The zero-order valence-electron chi connectivity index (χ0n) is 11.7. The number of thioether (sulfide) groups is 1. The van der Waals surface area contributed by atoms with E-state index < -0.39 is 0 Å². The van der Waals surface area contributed by atoms with Gasteiger partial charge >= 0.3 is 0 Å². The molecule has 1 aromatic heterocycles. The van der Waals surface area contributed by atoms with Gasteiger partial charge in [-0.1, -0.05) is 6.92 Å². The molecule has 0 amide bonds. The van der Waals surface area contributed by atoms with E-state index in [9.17, 15) is 0 Å². The molecule has 1 aromatic rings. The zero-order valence-corrected chi connectivity index (χ0v) is 12.5. The van der Waals surface area contributed by atoms with Crippen LogP contribution in [-0.2, 0) is 12.1 Å². The summed E-state index contributed by atoms with van der Waals surface area (Å²) in [6.45, 7) is 11.8. The number of nitrogens with one attached hydrogen (secondary N) is 1. The van der Waals surface area contributed by atoms with Crippen molar-refractivity contribution in [3.8, 4) is 0 Å². The average Bonchev–Trinajstić information content (AvgIpc) is 2.71. The minimum atomic E-state index is 0.0714. The van der Waals surface area contributed by atoms with E-state index in [2.05, 4.69) is 51.2 Å². The first-order chi connectivity index (χ1) is 7.93. The molecule has 0 aromatic carbocycles. The molecular formula is C13H25N3S. The standard InChI is InChI=1S/C13H25N3S/c1-6-17-10-11(2)14-7-12-8-15-16(9-12)13(3,4)5/h8-9,11,14H,6-7,10H2,1-5H3. The lowest BCUT2D eigenvalue weighted by Crippen LogP contribution is -2.27. The van der Waals surface area contributed by atoms with Gasteiger partial charge in [0.25, 0.3) is 0 Å². The van der Waals surface area contributed by atoms with Crippen molar-refractivity contribution < 1.29 is 0 Å². The van der Waals surface area contributed by atoms with Crippen LogP contribution in [0.25, 0.3) is 0 Å². The quantitative estimate of drug-likeness (QED) is 0.847. The number of rotatable bonds is 6. The summed E-state index contributed by atoms with van der Waals surface area (Å²) in [5.41, 5.74) is 1.33. The Morgan fingerprint density at radius 2 is 2.18 bits per heavy atom. The predicted molar refractivity (Wildman–Crippen MR) is 76.5 cm³/mol. The maximum atomic E-state index is 4.40. The molecule has 17 heavy (non-hydrogen) atoms. The van der Waals surface area contributed by atoms with Gasteiger partial charge in [-0.05, 0) is 33.4 Å². The second-order valence-electron chi connectivity index (χ2n) is 5.41. The van der Waals surface area contributed by atoms with Crippen molar-refractivity contribution in [1.82, 2.24) is 15.1 Å². The fraction of sp³-hybridized carbons (Fsp3) is 0.769. The Hall–Kier alpha value is -0.480. The van der Waals surface area contributed by atoms with Crippen LogP contribution in [0.4, 0.5) is 0 Å². The molecular weight excluding hydrogens is 230 g/mol. The maximum absolute atomic E-state index is 4.40. The van der Waals surface area contributed by atoms with E-state index in [1.807, 2.05) is 22.6 Å². The summed E-state index contributed by atoms with van der Waals surface area (Å²) in [4.78, 5) is 0. The highest BCUT2D eigenvalue weighted by Crippen LogP contribution is 2.13. The molecule has 0 saturated carbocycles. The first kappa shape index (κ1) is 14.6. The zero-order chi connectivity index (χ0) is 12.9. The normalized spacial score (nSPS) is 13.9. The number of aromatic nitrogens is 2. The van der Waals surface area contributed by atoms with Crippen molar-refractivity contribution in [2.75, 3.05) is 11.5 Å². The van der Waals surface area contributed by atoms with Gasteiger partial charge in [-0.25, -0.2) is 0 Å². The topological polar surface area (TPSA) is 29.9 Å². The van der Waals surface area contributed by atoms with Gasteiger partial charge < -0.3 is 5.32 Å². The van der Waals surface area contributed by atoms with Gasteiger partial charge in [0.2, 0.25) is 0 Å². The molecule has 3 nitrogen and oxygen atoms in total. The molecule has 0 radical (unpaired) electrons. The Morgan fingerprint density at radius 1 is 1.47 bits per heavy atom. The highest BCUT2D eigenvalue weighted by Gasteiger charge is 2.13. The molecule has 1 N–H and O–H groups in total. The van der Waals surface area contributed by atoms with Crippen LogP contribution in [-0.4, -0.2) is 27.3 Å². The minimum Gasteiger partial charge on any atom is -0.309 e. The van der Waals surface area contributed by atoms with Gasteiger partial charge in [0, 0.05) is 30.1 Å². The van der Waals surface area contributed by atoms with Gasteiger partial charge in [0.1, 0.15) is 0 Å². The summed E-state index contributed by atoms with van der Waals surface area (Å²) in [6, 6.07) is 0.554. The van der Waals surface area contributed by atoms with Crippen LogP contribution in [0.15, 0.2) is 12.4 Å². The van der Waals surface area contributed by atoms with Crippen LogP contribution in [0.1, 0.15) is 40.2 Å². The van der Waals surface area contributed by atoms with E-state index in [-0.39, 0.29) is 5.54 Å². The van der Waals surface area contributed by atoms with Crippen LogP contribution >= 0.6 is 11.8 Å².